The number of nitrogens with one attached hydrogen (secondary N) is 1. The Morgan fingerprint density at radius 2 is 2.20 bits per heavy atom. The van der Waals surface area contributed by atoms with Gasteiger partial charge < -0.3 is 10.2 Å². The third-order valence-corrected chi connectivity index (χ3v) is 5.56. The van der Waals surface area contributed by atoms with Crippen LogP contribution in [-0.4, -0.2) is 37.6 Å². The second-order valence-corrected chi connectivity index (χ2v) is 6.71. The second-order valence-electron chi connectivity index (χ2n) is 6.71. The Bertz CT molecular complexity index is 476. The zero-order chi connectivity index (χ0) is 14.2. The van der Waals surface area contributed by atoms with Gasteiger partial charge in [-0.05, 0) is 69.4 Å². The minimum absolute atomic E-state index is 0.107. The number of hydrogen-bond donors (Lipinski definition) is 1. The maximum atomic E-state index is 13.6. The van der Waals surface area contributed by atoms with Crippen LogP contribution in [0.1, 0.15) is 37.7 Å². The van der Waals surface area contributed by atoms with E-state index < -0.39 is 0 Å². The highest BCUT2D eigenvalue weighted by molar-refractivity contribution is 5.25. The van der Waals surface area contributed by atoms with Crippen LogP contribution < -0.4 is 5.32 Å². The molecule has 2 heterocycles. The summed E-state index contributed by atoms with van der Waals surface area (Å²) in [7, 11) is 2.22. The number of benzene rings is 1. The summed E-state index contributed by atoms with van der Waals surface area (Å²) in [6.07, 6.45) is 3.68. The predicted octanol–water partition coefficient (Wildman–Crippen LogP) is 3.00. The predicted molar refractivity (Wildman–Crippen MR) is 80.4 cm³/mol. The minimum Gasteiger partial charge on any atom is -0.316 e. The number of piperidine rings is 2. The lowest BCUT2D eigenvalue weighted by atomic mass is 9.61. The molecule has 3 atom stereocenters. The van der Waals surface area contributed by atoms with Gasteiger partial charge in [-0.2, -0.15) is 0 Å². The van der Waals surface area contributed by atoms with Gasteiger partial charge in [0.15, 0.2) is 0 Å². The van der Waals surface area contributed by atoms with Crippen molar-refractivity contribution in [3.05, 3.63) is 35.6 Å². The fraction of sp³-hybridized carbons (Fsp3) is 0.647. The Labute approximate surface area is 121 Å². The van der Waals surface area contributed by atoms with E-state index in [-0.39, 0.29) is 5.82 Å². The molecule has 3 heteroatoms. The molecule has 2 fully saturated rings. The zero-order valence-electron chi connectivity index (χ0n) is 12.5. The molecule has 1 N–H and O–H groups in total. The Morgan fingerprint density at radius 1 is 1.35 bits per heavy atom. The van der Waals surface area contributed by atoms with Crippen molar-refractivity contribution in [2.24, 2.45) is 5.41 Å². The summed E-state index contributed by atoms with van der Waals surface area (Å²) in [5, 5.41) is 3.51. The number of nitrogens with zero attached hydrogens (tertiary/aromatic N) is 1. The maximum absolute atomic E-state index is 13.6. The van der Waals surface area contributed by atoms with E-state index in [0.717, 1.165) is 19.6 Å². The molecular weight excluding hydrogens is 251 g/mol. The average Bonchev–Trinajstić information content (AvgIpc) is 2.44. The van der Waals surface area contributed by atoms with Gasteiger partial charge in [-0.15, -0.1) is 0 Å². The Balaban J connectivity index is 1.91. The fourth-order valence-corrected chi connectivity index (χ4v) is 4.18. The van der Waals surface area contributed by atoms with Crippen molar-refractivity contribution in [1.29, 1.82) is 0 Å². The van der Waals surface area contributed by atoms with Crippen LogP contribution in [0.2, 0.25) is 0 Å². The van der Waals surface area contributed by atoms with E-state index in [0.29, 0.717) is 17.4 Å². The van der Waals surface area contributed by atoms with Gasteiger partial charge in [0.25, 0.3) is 0 Å². The number of rotatable bonds is 1. The molecule has 3 unspecified atom stereocenters. The fourth-order valence-electron chi connectivity index (χ4n) is 4.18. The van der Waals surface area contributed by atoms with Crippen LogP contribution in [0.4, 0.5) is 4.39 Å². The molecule has 2 aliphatic heterocycles. The van der Waals surface area contributed by atoms with Crippen molar-refractivity contribution in [3.8, 4) is 0 Å². The molecule has 2 nitrogen and oxygen atoms in total. The standard InChI is InChI=1S/C17H25FN2/c1-13-11-17(7-9-20(13)2)6-8-19-12-16(17)14-4-3-5-15(18)10-14/h3-5,10,13,16,19H,6-9,11-12H2,1-2H3. The van der Waals surface area contributed by atoms with Crippen molar-refractivity contribution in [3.63, 3.8) is 0 Å². The van der Waals surface area contributed by atoms with E-state index in [2.05, 4.69) is 30.3 Å². The smallest absolute Gasteiger partial charge is 0.123 e. The van der Waals surface area contributed by atoms with Crippen molar-refractivity contribution >= 4 is 0 Å². The third-order valence-electron chi connectivity index (χ3n) is 5.56. The van der Waals surface area contributed by atoms with Crippen LogP contribution in [0.5, 0.6) is 0 Å². The van der Waals surface area contributed by atoms with Crippen LogP contribution >= 0.6 is 0 Å². The van der Waals surface area contributed by atoms with Crippen LogP contribution in [0.25, 0.3) is 0 Å². The number of hydrogen-bond acceptors (Lipinski definition) is 2. The molecule has 110 valence electrons. The molecule has 1 spiro atoms. The van der Waals surface area contributed by atoms with E-state index in [4.69, 9.17) is 0 Å². The van der Waals surface area contributed by atoms with Gasteiger partial charge in [-0.25, -0.2) is 4.39 Å². The van der Waals surface area contributed by atoms with Gasteiger partial charge >= 0.3 is 0 Å². The Morgan fingerprint density at radius 3 is 2.95 bits per heavy atom. The Hall–Kier alpha value is -0.930. The summed E-state index contributed by atoms with van der Waals surface area (Å²) in [5.41, 5.74) is 1.53. The van der Waals surface area contributed by atoms with Gasteiger partial charge in [-0.3, -0.25) is 0 Å². The van der Waals surface area contributed by atoms with Gasteiger partial charge in [0, 0.05) is 18.5 Å². The quantitative estimate of drug-likeness (QED) is 0.848. The summed E-state index contributed by atoms with van der Waals surface area (Å²) >= 11 is 0. The molecule has 1 aromatic rings. The number of likely N-dealkylation sites (tertiary alicyclic amines) is 1. The first-order chi connectivity index (χ1) is 9.61. The second kappa shape index (κ2) is 5.45. The van der Waals surface area contributed by atoms with Crippen LogP contribution in [0.3, 0.4) is 0 Å². The lowest BCUT2D eigenvalue weighted by molar-refractivity contribution is 0.0320. The lowest BCUT2D eigenvalue weighted by Crippen LogP contribution is -2.52. The molecule has 2 saturated heterocycles. The molecular formula is C17H25FN2. The zero-order valence-corrected chi connectivity index (χ0v) is 12.5. The van der Waals surface area contributed by atoms with E-state index in [9.17, 15) is 4.39 Å². The monoisotopic (exact) mass is 276 g/mol. The lowest BCUT2D eigenvalue weighted by Gasteiger charge is -2.51. The topological polar surface area (TPSA) is 15.3 Å². The molecule has 0 aliphatic carbocycles. The van der Waals surface area contributed by atoms with E-state index in [1.165, 1.54) is 24.8 Å². The summed E-state index contributed by atoms with van der Waals surface area (Å²) in [6, 6.07) is 7.86. The molecule has 0 radical (unpaired) electrons. The van der Waals surface area contributed by atoms with Crippen molar-refractivity contribution < 1.29 is 4.39 Å². The largest absolute Gasteiger partial charge is 0.316 e. The summed E-state index contributed by atoms with van der Waals surface area (Å²) in [6.45, 7) is 5.57. The average molecular weight is 276 g/mol. The van der Waals surface area contributed by atoms with Gasteiger partial charge in [0.1, 0.15) is 5.82 Å². The molecule has 0 bridgehead atoms. The summed E-state index contributed by atoms with van der Waals surface area (Å²) in [5.74, 6) is 0.340. The van der Waals surface area contributed by atoms with Crippen LogP contribution in [0, 0.1) is 11.2 Å². The van der Waals surface area contributed by atoms with Crippen LogP contribution in [0.15, 0.2) is 24.3 Å². The molecule has 0 aromatic heterocycles. The van der Waals surface area contributed by atoms with Crippen molar-refractivity contribution in [1.82, 2.24) is 10.2 Å². The molecule has 20 heavy (non-hydrogen) atoms. The first kappa shape index (κ1) is 14.0. The van der Waals surface area contributed by atoms with E-state index in [1.54, 1.807) is 12.1 Å². The van der Waals surface area contributed by atoms with Gasteiger partial charge in [0.05, 0.1) is 0 Å². The van der Waals surface area contributed by atoms with E-state index >= 15 is 0 Å². The van der Waals surface area contributed by atoms with Crippen LogP contribution in [-0.2, 0) is 0 Å². The number of halogens is 1. The molecule has 0 saturated carbocycles. The van der Waals surface area contributed by atoms with Crippen molar-refractivity contribution in [2.45, 2.75) is 38.1 Å². The third kappa shape index (κ3) is 2.49. The van der Waals surface area contributed by atoms with E-state index in [1.807, 2.05) is 6.07 Å². The van der Waals surface area contributed by atoms with Gasteiger partial charge in [-0.1, -0.05) is 12.1 Å². The summed E-state index contributed by atoms with van der Waals surface area (Å²) < 4.78 is 13.6. The highest BCUT2D eigenvalue weighted by Crippen LogP contribution is 2.49. The van der Waals surface area contributed by atoms with Crippen molar-refractivity contribution in [2.75, 3.05) is 26.7 Å². The van der Waals surface area contributed by atoms with Gasteiger partial charge in [0.2, 0.25) is 0 Å². The summed E-state index contributed by atoms with van der Waals surface area (Å²) in [4.78, 5) is 2.45. The Kier molecular flexibility index (Phi) is 3.83. The normalized spacial score (nSPS) is 35.4. The molecule has 2 aliphatic rings. The molecule has 0 amide bonds. The maximum Gasteiger partial charge on any atom is 0.123 e. The first-order valence-electron chi connectivity index (χ1n) is 7.77. The highest BCUT2D eigenvalue weighted by atomic mass is 19.1. The highest BCUT2D eigenvalue weighted by Gasteiger charge is 2.45. The molecule has 1 aromatic carbocycles. The first-order valence-corrected chi connectivity index (χ1v) is 7.77. The minimum atomic E-state index is -0.107. The molecule has 3 rings (SSSR count). The SMILES string of the molecule is CC1CC2(CCNCC2c2cccc(F)c2)CCN1C.